The molecule has 0 aliphatic heterocycles. The summed E-state index contributed by atoms with van der Waals surface area (Å²) in [5, 5.41) is 0. The van der Waals surface area contributed by atoms with E-state index in [-0.39, 0.29) is 16.2 Å². The van der Waals surface area contributed by atoms with Crippen molar-refractivity contribution in [2.45, 2.75) is 97.8 Å². The van der Waals surface area contributed by atoms with Crippen molar-refractivity contribution in [3.63, 3.8) is 0 Å². The molecular formula is C39H42. The fraction of sp³-hybridized carbons (Fsp3) is 0.385. The first-order valence-electron chi connectivity index (χ1n) is 14.8. The molecular weight excluding hydrogens is 468 g/mol. The summed E-state index contributed by atoms with van der Waals surface area (Å²) in [7, 11) is 0. The molecule has 0 spiro atoms. The maximum absolute atomic E-state index is 2.51. The van der Waals surface area contributed by atoms with Crippen LogP contribution in [0, 0.1) is 0 Å². The molecule has 0 N–H and O–H groups in total. The molecule has 0 amide bonds. The van der Waals surface area contributed by atoms with Crippen LogP contribution in [-0.2, 0) is 35.5 Å². The third-order valence-electron chi connectivity index (χ3n) is 9.63. The number of hydrogen-bond donors (Lipinski definition) is 0. The van der Waals surface area contributed by atoms with Crippen molar-refractivity contribution in [2.24, 2.45) is 0 Å². The average molecular weight is 511 g/mol. The van der Waals surface area contributed by atoms with Crippen molar-refractivity contribution in [2.75, 3.05) is 0 Å². The molecule has 4 aromatic rings. The Balaban J connectivity index is 1.50. The fourth-order valence-corrected chi connectivity index (χ4v) is 7.35. The lowest BCUT2D eigenvalue weighted by atomic mass is 9.84. The van der Waals surface area contributed by atoms with Gasteiger partial charge in [-0.15, -0.1) is 0 Å². The van der Waals surface area contributed by atoms with Crippen molar-refractivity contribution >= 4 is 0 Å². The Hall–Kier alpha value is -3.12. The number of hydrogen-bond acceptors (Lipinski definition) is 0. The van der Waals surface area contributed by atoms with E-state index in [0.717, 1.165) is 19.3 Å². The Bertz CT molecular complexity index is 1480. The Labute approximate surface area is 235 Å². The molecule has 3 aliphatic carbocycles. The van der Waals surface area contributed by atoms with E-state index in [1.165, 1.54) is 50.1 Å². The van der Waals surface area contributed by atoms with Crippen molar-refractivity contribution < 1.29 is 0 Å². The van der Waals surface area contributed by atoms with Crippen LogP contribution in [0.4, 0.5) is 0 Å². The van der Waals surface area contributed by atoms with Crippen LogP contribution < -0.4 is 0 Å². The van der Waals surface area contributed by atoms with Gasteiger partial charge in [0.2, 0.25) is 0 Å². The van der Waals surface area contributed by atoms with Gasteiger partial charge in [-0.3, -0.25) is 0 Å². The first-order valence-corrected chi connectivity index (χ1v) is 14.8. The Morgan fingerprint density at radius 2 is 0.641 bits per heavy atom. The zero-order valence-corrected chi connectivity index (χ0v) is 25.3. The second kappa shape index (κ2) is 7.75. The lowest BCUT2D eigenvalue weighted by Gasteiger charge is -2.20. The van der Waals surface area contributed by atoms with Gasteiger partial charge in [0.05, 0.1) is 0 Å². The molecule has 39 heavy (non-hydrogen) atoms. The van der Waals surface area contributed by atoms with Gasteiger partial charge in [-0.2, -0.15) is 0 Å². The van der Waals surface area contributed by atoms with E-state index in [1.54, 1.807) is 33.4 Å². The van der Waals surface area contributed by atoms with Crippen molar-refractivity contribution in [1.82, 2.24) is 0 Å². The number of fused-ring (bicyclic) bond motifs is 12. The van der Waals surface area contributed by atoms with Gasteiger partial charge in [0, 0.05) is 0 Å². The van der Waals surface area contributed by atoms with Gasteiger partial charge in [0.25, 0.3) is 0 Å². The van der Waals surface area contributed by atoms with Gasteiger partial charge in [-0.25, -0.2) is 0 Å². The van der Waals surface area contributed by atoms with Crippen molar-refractivity contribution in [3.8, 4) is 33.4 Å². The molecule has 0 atom stereocenters. The van der Waals surface area contributed by atoms with Gasteiger partial charge >= 0.3 is 0 Å². The molecule has 0 nitrogen and oxygen atoms in total. The van der Waals surface area contributed by atoms with E-state index in [2.05, 4.69) is 117 Å². The molecule has 0 unspecified atom stereocenters. The Morgan fingerprint density at radius 3 is 0.872 bits per heavy atom. The smallest absolute Gasteiger partial charge is 0.000696 e. The summed E-state index contributed by atoms with van der Waals surface area (Å²) in [5.41, 5.74) is 23.1. The first-order chi connectivity index (χ1) is 18.2. The molecule has 198 valence electrons. The molecule has 3 aliphatic rings. The van der Waals surface area contributed by atoms with Crippen LogP contribution >= 0.6 is 0 Å². The van der Waals surface area contributed by atoms with Crippen LogP contribution in [0.5, 0.6) is 0 Å². The molecule has 0 heterocycles. The zero-order chi connectivity index (χ0) is 27.6. The minimum Gasteiger partial charge on any atom is -0.0579 e. The maximum Gasteiger partial charge on any atom is -0.000696 e. The van der Waals surface area contributed by atoms with Gasteiger partial charge in [0.1, 0.15) is 0 Å². The van der Waals surface area contributed by atoms with Crippen LogP contribution in [0.15, 0.2) is 54.6 Å². The third-order valence-corrected chi connectivity index (χ3v) is 9.63. The summed E-state index contributed by atoms with van der Waals surface area (Å²) < 4.78 is 0. The van der Waals surface area contributed by atoms with Gasteiger partial charge in [-0.1, -0.05) is 117 Å². The summed E-state index contributed by atoms with van der Waals surface area (Å²) in [6.07, 6.45) is 3.15. The highest BCUT2D eigenvalue weighted by molar-refractivity contribution is 6.00. The fourth-order valence-electron chi connectivity index (χ4n) is 7.35. The molecule has 0 saturated heterocycles. The molecule has 0 saturated carbocycles. The van der Waals surface area contributed by atoms with E-state index in [9.17, 15) is 0 Å². The second-order valence-corrected chi connectivity index (χ2v) is 15.5. The van der Waals surface area contributed by atoms with Gasteiger partial charge < -0.3 is 0 Å². The minimum absolute atomic E-state index is 0.156. The number of benzene rings is 4. The van der Waals surface area contributed by atoms with E-state index < -0.39 is 0 Å². The predicted molar refractivity (Wildman–Crippen MR) is 167 cm³/mol. The maximum atomic E-state index is 2.51. The zero-order valence-electron chi connectivity index (χ0n) is 25.3. The predicted octanol–water partition coefficient (Wildman–Crippen LogP) is 10.3. The standard InChI is InChI=1S/C39H42/c1-37(2,3)25-10-13-28-22(16-25)19-31-34(28)32-20-23-17-27(39(7,8)9)12-15-30(23)36(32)33-21-24-18-26(38(4,5)6)11-14-29(24)35(31)33/h10-18H,19-21H2,1-9H3. The first kappa shape index (κ1) is 24.9. The molecule has 7 rings (SSSR count). The van der Waals surface area contributed by atoms with Crippen LogP contribution in [-0.4, -0.2) is 0 Å². The quantitative estimate of drug-likeness (QED) is 0.190. The van der Waals surface area contributed by atoms with E-state index in [0.29, 0.717) is 0 Å². The van der Waals surface area contributed by atoms with E-state index in [1.807, 2.05) is 0 Å². The lowest BCUT2D eigenvalue weighted by molar-refractivity contribution is 0.589. The SMILES string of the molecule is CC(C)(C)c1ccc2c(c1)Cc1c-2c2c(c3c1-c1ccc(C(C)(C)C)cc1C3)-c1ccc(C(C)(C)C)cc1C2. The second-order valence-electron chi connectivity index (χ2n) is 15.5. The van der Waals surface area contributed by atoms with E-state index >= 15 is 0 Å². The normalized spacial score (nSPS) is 15.0. The summed E-state index contributed by atoms with van der Waals surface area (Å²) in [4.78, 5) is 0. The molecule has 0 radical (unpaired) electrons. The number of rotatable bonds is 0. The third kappa shape index (κ3) is 3.63. The van der Waals surface area contributed by atoms with Gasteiger partial charge in [-0.05, 0) is 119 Å². The topological polar surface area (TPSA) is 0 Å². The average Bonchev–Trinajstić information content (AvgIpc) is 3.51. The molecule has 0 fully saturated rings. The highest BCUT2D eigenvalue weighted by Gasteiger charge is 2.38. The van der Waals surface area contributed by atoms with Gasteiger partial charge in [0.15, 0.2) is 0 Å². The van der Waals surface area contributed by atoms with Crippen molar-refractivity contribution in [1.29, 1.82) is 0 Å². The highest BCUT2D eigenvalue weighted by atomic mass is 14.4. The van der Waals surface area contributed by atoms with Crippen LogP contribution in [0.25, 0.3) is 33.4 Å². The lowest BCUT2D eigenvalue weighted by Crippen LogP contribution is -2.11. The van der Waals surface area contributed by atoms with Crippen LogP contribution in [0.3, 0.4) is 0 Å². The summed E-state index contributed by atoms with van der Waals surface area (Å²) in [6, 6.07) is 22.0. The molecule has 4 aromatic carbocycles. The Kier molecular flexibility index (Phi) is 4.95. The largest absolute Gasteiger partial charge is 0.0579 e. The minimum atomic E-state index is 0.156. The van der Waals surface area contributed by atoms with Crippen LogP contribution in [0.1, 0.15) is 112 Å². The van der Waals surface area contributed by atoms with Crippen LogP contribution in [0.2, 0.25) is 0 Å². The molecule has 0 aromatic heterocycles. The Morgan fingerprint density at radius 1 is 0.385 bits per heavy atom. The summed E-state index contributed by atoms with van der Waals surface area (Å²) in [5.74, 6) is 0. The monoisotopic (exact) mass is 510 g/mol. The summed E-state index contributed by atoms with van der Waals surface area (Å²) in [6.45, 7) is 21.0. The summed E-state index contributed by atoms with van der Waals surface area (Å²) >= 11 is 0. The van der Waals surface area contributed by atoms with E-state index in [4.69, 9.17) is 0 Å². The molecule has 0 heteroatoms. The molecule has 0 bridgehead atoms. The van der Waals surface area contributed by atoms with Crippen molar-refractivity contribution in [3.05, 3.63) is 105 Å². The highest BCUT2D eigenvalue weighted by Crippen LogP contribution is 2.57.